The third-order valence-electron chi connectivity index (χ3n) is 2.83. The molecule has 2 unspecified atom stereocenters. The summed E-state index contributed by atoms with van der Waals surface area (Å²) < 4.78 is 17.3. The first-order valence-corrected chi connectivity index (χ1v) is 7.97. The maximum Gasteiger partial charge on any atom is 0.340 e. The zero-order valence-electron chi connectivity index (χ0n) is 8.96. The third-order valence-corrected chi connectivity index (χ3v) is 6.48. The van der Waals surface area contributed by atoms with E-state index in [0.29, 0.717) is 6.10 Å². The van der Waals surface area contributed by atoms with Crippen LogP contribution in [-0.2, 0) is 13.6 Å². The molecule has 2 heterocycles. The molecular weight excluding hydrogens is 196 g/mol. The van der Waals surface area contributed by atoms with Gasteiger partial charge in [-0.15, -0.1) is 0 Å². The van der Waals surface area contributed by atoms with Crippen LogP contribution in [0.15, 0.2) is 0 Å². The molecule has 0 bridgehead atoms. The van der Waals surface area contributed by atoms with E-state index in [1.165, 1.54) is 18.9 Å². The highest BCUT2D eigenvalue weighted by molar-refractivity contribution is 6.67. The molecule has 0 radical (unpaired) electrons. The average Bonchev–Trinajstić information content (AvgIpc) is 3.00. The molecule has 2 saturated heterocycles. The van der Waals surface area contributed by atoms with Crippen molar-refractivity contribution in [3.05, 3.63) is 0 Å². The van der Waals surface area contributed by atoms with E-state index in [0.717, 1.165) is 32.3 Å². The smallest absolute Gasteiger partial charge is 0.340 e. The first-order valence-electron chi connectivity index (χ1n) is 5.74. The molecule has 2 fully saturated rings. The Morgan fingerprint density at radius 3 is 2.86 bits per heavy atom. The summed E-state index contributed by atoms with van der Waals surface area (Å²) in [7, 11) is -1.83. The summed E-state index contributed by atoms with van der Waals surface area (Å²) in [5, 5.41) is 0. The van der Waals surface area contributed by atoms with Crippen molar-refractivity contribution >= 4 is 8.56 Å². The van der Waals surface area contributed by atoms with Crippen LogP contribution in [0.1, 0.15) is 26.2 Å². The standard InChI is InChI=1S/C10H20O3Si/c1-2-5-12-14(9-10-8-11-10)7-4-3-6-13-14/h10H,2-9H2,1H3. The van der Waals surface area contributed by atoms with Crippen molar-refractivity contribution in [2.45, 2.75) is 44.4 Å². The average molecular weight is 216 g/mol. The van der Waals surface area contributed by atoms with Crippen molar-refractivity contribution in [3.8, 4) is 0 Å². The van der Waals surface area contributed by atoms with E-state index in [1.807, 2.05) is 0 Å². The summed E-state index contributed by atoms with van der Waals surface area (Å²) in [6.07, 6.45) is 4.03. The molecule has 0 N–H and O–H groups in total. The van der Waals surface area contributed by atoms with E-state index < -0.39 is 8.56 Å². The van der Waals surface area contributed by atoms with Crippen molar-refractivity contribution in [2.75, 3.05) is 19.8 Å². The van der Waals surface area contributed by atoms with E-state index in [9.17, 15) is 0 Å². The fraction of sp³-hybridized carbons (Fsp3) is 1.00. The molecule has 0 spiro atoms. The molecular formula is C10H20O3Si. The molecule has 2 aliphatic rings. The van der Waals surface area contributed by atoms with Crippen LogP contribution in [0.2, 0.25) is 12.1 Å². The topological polar surface area (TPSA) is 31.0 Å². The van der Waals surface area contributed by atoms with Crippen LogP contribution in [0.5, 0.6) is 0 Å². The van der Waals surface area contributed by atoms with Crippen LogP contribution in [-0.4, -0.2) is 34.5 Å². The first kappa shape index (κ1) is 10.6. The summed E-state index contributed by atoms with van der Waals surface area (Å²) >= 11 is 0. The van der Waals surface area contributed by atoms with Gasteiger partial charge in [0.2, 0.25) is 0 Å². The lowest BCUT2D eigenvalue weighted by molar-refractivity contribution is 0.146. The monoisotopic (exact) mass is 216 g/mol. The van der Waals surface area contributed by atoms with Crippen LogP contribution in [0.4, 0.5) is 0 Å². The Morgan fingerprint density at radius 2 is 2.29 bits per heavy atom. The summed E-state index contributed by atoms with van der Waals surface area (Å²) in [6, 6.07) is 2.24. The van der Waals surface area contributed by atoms with Gasteiger partial charge in [-0.05, 0) is 25.3 Å². The molecule has 2 rings (SSSR count). The lowest BCUT2D eigenvalue weighted by atomic mass is 10.4. The van der Waals surface area contributed by atoms with Gasteiger partial charge in [0.25, 0.3) is 0 Å². The molecule has 14 heavy (non-hydrogen) atoms. The quantitative estimate of drug-likeness (QED) is 0.520. The van der Waals surface area contributed by atoms with Gasteiger partial charge < -0.3 is 13.6 Å². The highest BCUT2D eigenvalue weighted by Gasteiger charge is 2.44. The van der Waals surface area contributed by atoms with E-state index in [-0.39, 0.29) is 0 Å². The van der Waals surface area contributed by atoms with Crippen molar-refractivity contribution in [3.63, 3.8) is 0 Å². The van der Waals surface area contributed by atoms with Crippen LogP contribution in [0.3, 0.4) is 0 Å². The molecule has 2 aliphatic heterocycles. The van der Waals surface area contributed by atoms with Gasteiger partial charge in [-0.3, -0.25) is 0 Å². The van der Waals surface area contributed by atoms with E-state index in [1.54, 1.807) is 0 Å². The molecule has 2 atom stereocenters. The van der Waals surface area contributed by atoms with Gasteiger partial charge in [-0.25, -0.2) is 0 Å². The highest BCUT2D eigenvalue weighted by Crippen LogP contribution is 2.32. The Morgan fingerprint density at radius 1 is 1.43 bits per heavy atom. The predicted molar refractivity (Wildman–Crippen MR) is 56.5 cm³/mol. The number of hydrogen-bond donors (Lipinski definition) is 0. The van der Waals surface area contributed by atoms with Gasteiger partial charge in [0.15, 0.2) is 0 Å². The Balaban J connectivity index is 1.86. The van der Waals surface area contributed by atoms with Crippen LogP contribution < -0.4 is 0 Å². The van der Waals surface area contributed by atoms with Crippen molar-refractivity contribution < 1.29 is 13.6 Å². The minimum absolute atomic E-state index is 0.455. The maximum absolute atomic E-state index is 6.01. The Labute approximate surface area is 87.0 Å². The second-order valence-electron chi connectivity index (χ2n) is 4.22. The second kappa shape index (κ2) is 4.75. The Bertz CT molecular complexity index is 176. The Hall–Kier alpha value is 0.0969. The lowest BCUT2D eigenvalue weighted by Crippen LogP contribution is -2.46. The second-order valence-corrected chi connectivity index (χ2v) is 7.53. The third kappa shape index (κ3) is 2.79. The van der Waals surface area contributed by atoms with Crippen molar-refractivity contribution in [2.24, 2.45) is 0 Å². The summed E-state index contributed by atoms with van der Waals surface area (Å²) in [4.78, 5) is 0. The minimum atomic E-state index is -1.83. The summed E-state index contributed by atoms with van der Waals surface area (Å²) in [5.41, 5.74) is 0. The molecule has 0 amide bonds. The molecule has 82 valence electrons. The number of epoxide rings is 1. The first-order chi connectivity index (χ1) is 6.85. The predicted octanol–water partition coefficient (Wildman–Crippen LogP) is 2.06. The van der Waals surface area contributed by atoms with Crippen molar-refractivity contribution in [1.82, 2.24) is 0 Å². The minimum Gasteiger partial charge on any atom is -0.394 e. The number of hydrogen-bond acceptors (Lipinski definition) is 3. The highest BCUT2D eigenvalue weighted by atomic mass is 28.4. The van der Waals surface area contributed by atoms with Gasteiger partial charge >= 0.3 is 8.56 Å². The van der Waals surface area contributed by atoms with Crippen molar-refractivity contribution in [1.29, 1.82) is 0 Å². The van der Waals surface area contributed by atoms with Gasteiger partial charge in [0.05, 0.1) is 12.7 Å². The van der Waals surface area contributed by atoms with Gasteiger partial charge in [-0.1, -0.05) is 6.92 Å². The van der Waals surface area contributed by atoms with Gasteiger partial charge in [0, 0.05) is 19.3 Å². The van der Waals surface area contributed by atoms with Crippen LogP contribution in [0, 0.1) is 0 Å². The summed E-state index contributed by atoms with van der Waals surface area (Å²) in [5.74, 6) is 0. The molecule has 4 heteroatoms. The van der Waals surface area contributed by atoms with E-state index >= 15 is 0 Å². The zero-order valence-corrected chi connectivity index (χ0v) is 9.96. The fourth-order valence-electron chi connectivity index (χ4n) is 1.98. The van der Waals surface area contributed by atoms with E-state index in [4.69, 9.17) is 13.6 Å². The van der Waals surface area contributed by atoms with E-state index in [2.05, 4.69) is 6.92 Å². The van der Waals surface area contributed by atoms with Gasteiger partial charge in [-0.2, -0.15) is 0 Å². The Kier molecular flexibility index (Phi) is 3.60. The van der Waals surface area contributed by atoms with Crippen LogP contribution >= 0.6 is 0 Å². The number of ether oxygens (including phenoxy) is 1. The fourth-order valence-corrected chi connectivity index (χ4v) is 5.60. The zero-order chi connectivity index (χ0) is 9.86. The molecule has 3 nitrogen and oxygen atoms in total. The SMILES string of the molecule is CCCO[Si]1(CC2CO2)CCCCO1. The molecule has 0 aliphatic carbocycles. The molecule has 0 aromatic heterocycles. The molecule has 0 aromatic rings. The molecule has 0 saturated carbocycles. The maximum atomic E-state index is 6.01. The largest absolute Gasteiger partial charge is 0.394 e. The van der Waals surface area contributed by atoms with Gasteiger partial charge in [0.1, 0.15) is 0 Å². The number of rotatable bonds is 5. The lowest BCUT2D eigenvalue weighted by Gasteiger charge is -2.33. The van der Waals surface area contributed by atoms with Crippen LogP contribution in [0.25, 0.3) is 0 Å². The normalized spacial score (nSPS) is 37.1. The molecule has 0 aromatic carbocycles. The summed E-state index contributed by atoms with van der Waals surface area (Å²) in [6.45, 7) is 4.84.